The summed E-state index contributed by atoms with van der Waals surface area (Å²) in [5, 5.41) is 5.39. The van der Waals surface area contributed by atoms with Gasteiger partial charge in [0.05, 0.1) is 19.3 Å². The molecular weight excluding hydrogens is 300 g/mol. The Kier molecular flexibility index (Phi) is 5.33. The molecule has 124 valence electrons. The molecule has 7 heteroatoms. The van der Waals surface area contributed by atoms with E-state index >= 15 is 0 Å². The van der Waals surface area contributed by atoms with E-state index in [4.69, 9.17) is 4.74 Å². The molecule has 0 bridgehead atoms. The average Bonchev–Trinajstić information content (AvgIpc) is 3.36. The first-order valence-corrected chi connectivity index (χ1v) is 7.30. The zero-order valence-electron chi connectivity index (χ0n) is 13.2. The third-order valence-corrected chi connectivity index (χ3v) is 3.75. The van der Waals surface area contributed by atoms with Crippen molar-refractivity contribution in [3.8, 4) is 0 Å². The predicted molar refractivity (Wildman–Crippen MR) is 83.0 cm³/mol. The lowest BCUT2D eigenvalue weighted by Crippen LogP contribution is -2.41. The van der Waals surface area contributed by atoms with Gasteiger partial charge in [0.15, 0.2) is 0 Å². The molecule has 1 aliphatic carbocycles. The smallest absolute Gasteiger partial charge is 0.337 e. The number of nitrogens with one attached hydrogen (secondary N) is 2. The molecule has 2 rings (SSSR count). The van der Waals surface area contributed by atoms with Crippen molar-refractivity contribution in [2.45, 2.75) is 12.8 Å². The molecule has 2 N–H and O–H groups in total. The van der Waals surface area contributed by atoms with Crippen molar-refractivity contribution in [1.29, 1.82) is 0 Å². The Morgan fingerprint density at radius 2 is 1.91 bits per heavy atom. The lowest BCUT2D eigenvalue weighted by molar-refractivity contribution is -0.134. The molecule has 0 spiro atoms. The highest BCUT2D eigenvalue weighted by molar-refractivity contribution is 6.13. The minimum Gasteiger partial charge on any atom is -0.465 e. The SMILES string of the molecule is COCCNC(=O)C1(C(=O)Nc2cccc(C(=O)OC)c2)CC1. The van der Waals surface area contributed by atoms with Crippen LogP contribution in [-0.2, 0) is 19.1 Å². The lowest BCUT2D eigenvalue weighted by atomic mass is 10.0. The number of methoxy groups -OCH3 is 2. The van der Waals surface area contributed by atoms with Crippen molar-refractivity contribution < 1.29 is 23.9 Å². The Morgan fingerprint density at radius 3 is 2.52 bits per heavy atom. The maximum atomic E-state index is 12.4. The number of ether oxygens (including phenoxy) is 2. The van der Waals surface area contributed by atoms with Crippen molar-refractivity contribution in [2.75, 3.05) is 32.7 Å². The van der Waals surface area contributed by atoms with Crippen molar-refractivity contribution in [2.24, 2.45) is 5.41 Å². The summed E-state index contributed by atoms with van der Waals surface area (Å²) in [5.74, 6) is -1.15. The van der Waals surface area contributed by atoms with E-state index in [1.165, 1.54) is 13.2 Å². The Hall–Kier alpha value is -2.41. The van der Waals surface area contributed by atoms with E-state index in [1.54, 1.807) is 25.3 Å². The van der Waals surface area contributed by atoms with Gasteiger partial charge in [-0.2, -0.15) is 0 Å². The van der Waals surface area contributed by atoms with Crippen LogP contribution in [0.4, 0.5) is 5.69 Å². The van der Waals surface area contributed by atoms with Crippen molar-refractivity contribution in [1.82, 2.24) is 5.32 Å². The second-order valence-corrected chi connectivity index (χ2v) is 5.36. The van der Waals surface area contributed by atoms with Crippen LogP contribution in [0.5, 0.6) is 0 Å². The summed E-state index contributed by atoms with van der Waals surface area (Å²) in [6, 6.07) is 6.40. The van der Waals surface area contributed by atoms with E-state index in [9.17, 15) is 14.4 Å². The summed E-state index contributed by atoms with van der Waals surface area (Å²) in [6.07, 6.45) is 1.02. The van der Waals surface area contributed by atoms with E-state index in [0.717, 1.165) is 0 Å². The van der Waals surface area contributed by atoms with Crippen LogP contribution in [-0.4, -0.2) is 45.2 Å². The molecule has 1 aliphatic rings. The molecule has 23 heavy (non-hydrogen) atoms. The summed E-state index contributed by atoms with van der Waals surface area (Å²) in [4.78, 5) is 36.1. The first-order chi connectivity index (χ1) is 11.0. The number of hydrogen-bond donors (Lipinski definition) is 2. The Bertz CT molecular complexity index is 610. The van der Waals surface area contributed by atoms with E-state index in [2.05, 4.69) is 15.4 Å². The quantitative estimate of drug-likeness (QED) is 0.443. The molecular formula is C16H20N2O5. The van der Waals surface area contributed by atoms with Gasteiger partial charge in [-0.1, -0.05) is 6.07 Å². The van der Waals surface area contributed by atoms with Crippen LogP contribution in [0.3, 0.4) is 0 Å². The molecule has 1 aromatic carbocycles. The van der Waals surface area contributed by atoms with Gasteiger partial charge in [0, 0.05) is 19.3 Å². The lowest BCUT2D eigenvalue weighted by Gasteiger charge is -2.15. The highest BCUT2D eigenvalue weighted by atomic mass is 16.5. The molecule has 0 unspecified atom stereocenters. The Balaban J connectivity index is 2.01. The number of benzene rings is 1. The summed E-state index contributed by atoms with van der Waals surface area (Å²) in [6.45, 7) is 0.757. The van der Waals surface area contributed by atoms with Gasteiger partial charge >= 0.3 is 5.97 Å². The molecule has 7 nitrogen and oxygen atoms in total. The van der Waals surface area contributed by atoms with Crippen LogP contribution < -0.4 is 10.6 Å². The van der Waals surface area contributed by atoms with Crippen molar-refractivity contribution >= 4 is 23.5 Å². The van der Waals surface area contributed by atoms with Crippen LogP contribution in [0.25, 0.3) is 0 Å². The molecule has 0 radical (unpaired) electrons. The second-order valence-electron chi connectivity index (χ2n) is 5.36. The van der Waals surface area contributed by atoms with Gasteiger partial charge in [0.1, 0.15) is 5.41 Å². The summed E-state index contributed by atoms with van der Waals surface area (Å²) in [7, 11) is 2.83. The maximum Gasteiger partial charge on any atom is 0.337 e. The number of carbonyl (C=O) groups is 3. The molecule has 1 fully saturated rings. The fraction of sp³-hybridized carbons (Fsp3) is 0.438. The number of hydrogen-bond acceptors (Lipinski definition) is 5. The van der Waals surface area contributed by atoms with Gasteiger partial charge in [-0.05, 0) is 31.0 Å². The largest absolute Gasteiger partial charge is 0.465 e. The fourth-order valence-corrected chi connectivity index (χ4v) is 2.21. The van der Waals surface area contributed by atoms with Gasteiger partial charge in [-0.15, -0.1) is 0 Å². The van der Waals surface area contributed by atoms with Crippen LogP contribution >= 0.6 is 0 Å². The normalized spacial score (nSPS) is 14.7. The minimum absolute atomic E-state index is 0.295. The second kappa shape index (κ2) is 7.23. The first kappa shape index (κ1) is 17.0. The zero-order chi connectivity index (χ0) is 16.9. The minimum atomic E-state index is -1.02. The van der Waals surface area contributed by atoms with E-state index < -0.39 is 11.4 Å². The maximum absolute atomic E-state index is 12.4. The molecule has 2 amide bonds. The van der Waals surface area contributed by atoms with Gasteiger partial charge in [0.2, 0.25) is 11.8 Å². The highest BCUT2D eigenvalue weighted by Crippen LogP contribution is 2.46. The van der Waals surface area contributed by atoms with Crippen LogP contribution in [0, 0.1) is 5.41 Å². The summed E-state index contributed by atoms with van der Waals surface area (Å²) < 4.78 is 9.51. The fourth-order valence-electron chi connectivity index (χ4n) is 2.21. The van der Waals surface area contributed by atoms with Crippen LogP contribution in [0.15, 0.2) is 24.3 Å². The van der Waals surface area contributed by atoms with E-state index in [-0.39, 0.29) is 11.8 Å². The topological polar surface area (TPSA) is 93.7 Å². The molecule has 0 aliphatic heterocycles. The van der Waals surface area contributed by atoms with Crippen molar-refractivity contribution in [3.63, 3.8) is 0 Å². The van der Waals surface area contributed by atoms with Crippen LogP contribution in [0.2, 0.25) is 0 Å². The molecule has 0 aromatic heterocycles. The Labute approximate surface area is 134 Å². The number of anilines is 1. The average molecular weight is 320 g/mol. The Morgan fingerprint density at radius 1 is 1.17 bits per heavy atom. The number of amides is 2. The van der Waals surface area contributed by atoms with E-state index in [1.807, 2.05) is 0 Å². The van der Waals surface area contributed by atoms with Crippen LogP contribution in [0.1, 0.15) is 23.2 Å². The molecule has 1 aromatic rings. The number of esters is 1. The summed E-state index contributed by atoms with van der Waals surface area (Å²) in [5.41, 5.74) is -0.233. The predicted octanol–water partition coefficient (Wildman–Crippen LogP) is 0.954. The van der Waals surface area contributed by atoms with Crippen molar-refractivity contribution in [3.05, 3.63) is 29.8 Å². The van der Waals surface area contributed by atoms with Gasteiger partial charge in [-0.3, -0.25) is 9.59 Å². The molecule has 0 saturated heterocycles. The third kappa shape index (κ3) is 3.87. The molecule has 1 saturated carbocycles. The third-order valence-electron chi connectivity index (χ3n) is 3.75. The molecule has 0 heterocycles. The highest BCUT2D eigenvalue weighted by Gasteiger charge is 2.56. The van der Waals surface area contributed by atoms with Gasteiger partial charge in [-0.25, -0.2) is 4.79 Å². The molecule has 0 atom stereocenters. The first-order valence-electron chi connectivity index (χ1n) is 7.30. The van der Waals surface area contributed by atoms with Gasteiger partial charge in [0.25, 0.3) is 0 Å². The van der Waals surface area contributed by atoms with Gasteiger partial charge < -0.3 is 20.1 Å². The number of rotatable bonds is 7. The monoisotopic (exact) mass is 320 g/mol. The standard InChI is InChI=1S/C16H20N2O5/c1-22-9-8-17-14(20)16(6-7-16)15(21)18-12-5-3-4-11(10-12)13(19)23-2/h3-5,10H,6-9H2,1-2H3,(H,17,20)(H,18,21). The summed E-state index contributed by atoms with van der Waals surface area (Å²) >= 11 is 0. The number of carbonyl (C=O) groups excluding carboxylic acids is 3. The van der Waals surface area contributed by atoms with E-state index in [0.29, 0.717) is 37.2 Å². The zero-order valence-corrected chi connectivity index (χ0v) is 13.2.